The van der Waals surface area contributed by atoms with E-state index in [2.05, 4.69) is 4.99 Å². The van der Waals surface area contributed by atoms with Gasteiger partial charge in [0.25, 0.3) is 0 Å². The van der Waals surface area contributed by atoms with Crippen molar-refractivity contribution in [1.82, 2.24) is 0 Å². The lowest BCUT2D eigenvalue weighted by Gasteiger charge is -2.11. The number of rotatable bonds is 4. The molecular weight excluding hydrogens is 217 g/mol. The fourth-order valence-corrected chi connectivity index (χ4v) is 1.89. The Morgan fingerprint density at radius 1 is 1.35 bits per heavy atom. The molecule has 1 aromatic carbocycles. The number of benzene rings is 1. The van der Waals surface area contributed by atoms with Crippen LogP contribution in [0.3, 0.4) is 0 Å². The standard InChI is InChI=1S/C14H14FNO/c15-12-3-4-13(11-5-6-16-8-11)14(7-12)17-9-10-1-2-10/h3-7,10H,1-2,8-9H2. The molecule has 3 rings (SSSR count). The van der Waals surface area contributed by atoms with Gasteiger partial charge in [-0.05, 0) is 42.5 Å². The molecule has 1 saturated carbocycles. The third kappa shape index (κ3) is 2.38. The van der Waals surface area contributed by atoms with Crippen LogP contribution in [-0.4, -0.2) is 19.4 Å². The number of halogens is 1. The summed E-state index contributed by atoms with van der Waals surface area (Å²) in [6.07, 6.45) is 6.20. The van der Waals surface area contributed by atoms with Gasteiger partial charge in [-0.15, -0.1) is 0 Å². The van der Waals surface area contributed by atoms with E-state index in [4.69, 9.17) is 4.74 Å². The summed E-state index contributed by atoms with van der Waals surface area (Å²) in [5.41, 5.74) is 2.06. The normalized spacial score (nSPS) is 18.3. The zero-order valence-corrected chi connectivity index (χ0v) is 9.53. The maximum Gasteiger partial charge on any atom is 0.129 e. The number of hydrogen-bond acceptors (Lipinski definition) is 2. The van der Waals surface area contributed by atoms with Crippen LogP contribution in [0.15, 0.2) is 29.3 Å². The Labute approximate surface area is 99.8 Å². The first kappa shape index (κ1) is 10.5. The van der Waals surface area contributed by atoms with Crippen molar-refractivity contribution in [2.24, 2.45) is 10.9 Å². The molecule has 0 aromatic heterocycles. The van der Waals surface area contributed by atoms with Crippen LogP contribution in [-0.2, 0) is 0 Å². The van der Waals surface area contributed by atoms with Crippen LogP contribution in [0, 0.1) is 11.7 Å². The maximum absolute atomic E-state index is 13.2. The summed E-state index contributed by atoms with van der Waals surface area (Å²) in [6, 6.07) is 4.72. The van der Waals surface area contributed by atoms with Crippen molar-refractivity contribution in [2.75, 3.05) is 13.2 Å². The van der Waals surface area contributed by atoms with Gasteiger partial charge in [0.1, 0.15) is 11.6 Å². The molecule has 0 N–H and O–H groups in total. The van der Waals surface area contributed by atoms with Gasteiger partial charge in [0.2, 0.25) is 0 Å². The minimum absolute atomic E-state index is 0.251. The summed E-state index contributed by atoms with van der Waals surface area (Å²) in [5.74, 6) is 1.06. The molecular formula is C14H14FNO. The Morgan fingerprint density at radius 2 is 2.24 bits per heavy atom. The van der Waals surface area contributed by atoms with Crippen molar-refractivity contribution in [2.45, 2.75) is 12.8 Å². The second-order valence-electron chi connectivity index (χ2n) is 4.58. The fourth-order valence-electron chi connectivity index (χ4n) is 1.89. The SMILES string of the molecule is Fc1ccc(C2=CC=NC2)c(OCC2CC2)c1. The number of ether oxygens (including phenoxy) is 1. The van der Waals surface area contributed by atoms with Gasteiger partial charge in [-0.1, -0.05) is 0 Å². The van der Waals surface area contributed by atoms with Crippen molar-refractivity contribution in [3.05, 3.63) is 35.7 Å². The van der Waals surface area contributed by atoms with E-state index in [0.29, 0.717) is 24.8 Å². The van der Waals surface area contributed by atoms with Gasteiger partial charge < -0.3 is 4.74 Å². The summed E-state index contributed by atoms with van der Waals surface area (Å²) in [5, 5.41) is 0. The molecule has 1 aromatic rings. The van der Waals surface area contributed by atoms with Crippen LogP contribution in [0.2, 0.25) is 0 Å². The lowest BCUT2D eigenvalue weighted by molar-refractivity contribution is 0.297. The minimum atomic E-state index is -0.251. The molecule has 88 valence electrons. The molecule has 0 radical (unpaired) electrons. The highest BCUT2D eigenvalue weighted by atomic mass is 19.1. The molecule has 1 aliphatic carbocycles. The molecule has 0 amide bonds. The zero-order valence-electron chi connectivity index (χ0n) is 9.53. The van der Waals surface area contributed by atoms with Crippen LogP contribution in [0.1, 0.15) is 18.4 Å². The zero-order chi connectivity index (χ0) is 11.7. The Bertz CT molecular complexity index is 489. The smallest absolute Gasteiger partial charge is 0.129 e. The Balaban J connectivity index is 1.84. The van der Waals surface area contributed by atoms with E-state index in [1.807, 2.05) is 6.08 Å². The van der Waals surface area contributed by atoms with E-state index in [9.17, 15) is 4.39 Å². The summed E-state index contributed by atoms with van der Waals surface area (Å²) < 4.78 is 19.0. The highest BCUT2D eigenvalue weighted by molar-refractivity contribution is 5.90. The number of nitrogens with zero attached hydrogens (tertiary/aromatic N) is 1. The molecule has 1 aliphatic heterocycles. The van der Waals surface area contributed by atoms with E-state index in [1.54, 1.807) is 12.3 Å². The van der Waals surface area contributed by atoms with Gasteiger partial charge in [-0.2, -0.15) is 0 Å². The lowest BCUT2D eigenvalue weighted by Crippen LogP contribution is -2.02. The van der Waals surface area contributed by atoms with Gasteiger partial charge >= 0.3 is 0 Å². The second kappa shape index (κ2) is 4.32. The monoisotopic (exact) mass is 231 g/mol. The topological polar surface area (TPSA) is 21.6 Å². The molecule has 1 heterocycles. The van der Waals surface area contributed by atoms with Crippen LogP contribution in [0.4, 0.5) is 4.39 Å². The van der Waals surface area contributed by atoms with E-state index in [0.717, 1.165) is 11.1 Å². The number of allylic oxidation sites excluding steroid dienone is 1. The van der Waals surface area contributed by atoms with Crippen molar-refractivity contribution in [1.29, 1.82) is 0 Å². The molecule has 0 spiro atoms. The lowest BCUT2D eigenvalue weighted by atomic mass is 10.1. The van der Waals surface area contributed by atoms with Crippen LogP contribution < -0.4 is 4.74 Å². The first-order chi connectivity index (χ1) is 8.33. The average molecular weight is 231 g/mol. The molecule has 17 heavy (non-hydrogen) atoms. The van der Waals surface area contributed by atoms with Gasteiger partial charge in [0.15, 0.2) is 0 Å². The summed E-state index contributed by atoms with van der Waals surface area (Å²) in [4.78, 5) is 4.15. The van der Waals surface area contributed by atoms with E-state index in [1.165, 1.54) is 25.0 Å². The Kier molecular flexibility index (Phi) is 2.67. The first-order valence-corrected chi connectivity index (χ1v) is 5.94. The summed E-state index contributed by atoms with van der Waals surface area (Å²) in [6.45, 7) is 1.36. The van der Waals surface area contributed by atoms with Crippen molar-refractivity contribution in [3.63, 3.8) is 0 Å². The van der Waals surface area contributed by atoms with E-state index < -0.39 is 0 Å². The van der Waals surface area contributed by atoms with Gasteiger partial charge in [0.05, 0.1) is 13.2 Å². The number of hydrogen-bond donors (Lipinski definition) is 0. The van der Waals surface area contributed by atoms with Crippen LogP contribution in [0.5, 0.6) is 5.75 Å². The minimum Gasteiger partial charge on any atom is -0.493 e. The largest absolute Gasteiger partial charge is 0.493 e. The average Bonchev–Trinajstić information content (AvgIpc) is 3.00. The summed E-state index contributed by atoms with van der Waals surface area (Å²) >= 11 is 0. The third-order valence-corrected chi connectivity index (χ3v) is 3.10. The predicted molar refractivity (Wildman–Crippen MR) is 66.0 cm³/mol. The molecule has 0 atom stereocenters. The molecule has 1 fully saturated rings. The van der Waals surface area contributed by atoms with Crippen LogP contribution >= 0.6 is 0 Å². The molecule has 3 heteroatoms. The van der Waals surface area contributed by atoms with E-state index in [-0.39, 0.29) is 5.82 Å². The van der Waals surface area contributed by atoms with Crippen LogP contribution in [0.25, 0.3) is 5.57 Å². The van der Waals surface area contributed by atoms with E-state index >= 15 is 0 Å². The Hall–Kier alpha value is -1.64. The first-order valence-electron chi connectivity index (χ1n) is 5.94. The molecule has 2 nitrogen and oxygen atoms in total. The number of aliphatic imine (C=N–C) groups is 1. The van der Waals surface area contributed by atoms with Crippen molar-refractivity contribution >= 4 is 11.8 Å². The second-order valence-corrected chi connectivity index (χ2v) is 4.58. The molecule has 2 aliphatic rings. The molecule has 0 saturated heterocycles. The predicted octanol–water partition coefficient (Wildman–Crippen LogP) is 3.08. The van der Waals surface area contributed by atoms with Gasteiger partial charge in [-0.25, -0.2) is 4.39 Å². The highest BCUT2D eigenvalue weighted by Gasteiger charge is 2.23. The quantitative estimate of drug-likeness (QED) is 0.780. The van der Waals surface area contributed by atoms with Crippen molar-refractivity contribution < 1.29 is 9.13 Å². The fraction of sp³-hybridized carbons (Fsp3) is 0.357. The highest BCUT2D eigenvalue weighted by Crippen LogP contribution is 2.33. The van der Waals surface area contributed by atoms with Gasteiger partial charge in [0, 0.05) is 17.8 Å². The molecule has 0 bridgehead atoms. The third-order valence-electron chi connectivity index (χ3n) is 3.10. The maximum atomic E-state index is 13.2. The Morgan fingerprint density at radius 3 is 2.94 bits per heavy atom. The van der Waals surface area contributed by atoms with Gasteiger partial charge in [-0.3, -0.25) is 4.99 Å². The molecule has 0 unspecified atom stereocenters. The summed E-state index contributed by atoms with van der Waals surface area (Å²) in [7, 11) is 0. The van der Waals surface area contributed by atoms with Crippen molar-refractivity contribution in [3.8, 4) is 5.75 Å².